The number of benzene rings is 2. The first kappa shape index (κ1) is 19.3. The minimum Gasteiger partial charge on any atom is -0.370 e. The molecular formula is C17H20F2IN3. The average molecular weight is 431 g/mol. The van der Waals surface area contributed by atoms with Gasteiger partial charge in [0.15, 0.2) is 5.96 Å². The van der Waals surface area contributed by atoms with Gasteiger partial charge in [-0.1, -0.05) is 26.0 Å². The number of aliphatic imine (C=N–C) groups is 1. The molecule has 0 radical (unpaired) electrons. The SMILES string of the molecule is CC(C)c1cccc(NC(N)=NCc2cc(F)ccc2F)c1.I. The maximum atomic E-state index is 13.5. The van der Waals surface area contributed by atoms with Crippen molar-refractivity contribution in [3.05, 3.63) is 65.2 Å². The number of hydrogen-bond donors (Lipinski definition) is 2. The highest BCUT2D eigenvalue weighted by atomic mass is 127. The topological polar surface area (TPSA) is 50.4 Å². The van der Waals surface area contributed by atoms with Crippen molar-refractivity contribution in [3.63, 3.8) is 0 Å². The van der Waals surface area contributed by atoms with Gasteiger partial charge >= 0.3 is 0 Å². The molecule has 0 bridgehead atoms. The van der Waals surface area contributed by atoms with Crippen LogP contribution in [0.25, 0.3) is 0 Å². The Balaban J connectivity index is 0.00000264. The summed E-state index contributed by atoms with van der Waals surface area (Å²) in [4.78, 5) is 4.04. The first-order valence-electron chi connectivity index (χ1n) is 7.06. The summed E-state index contributed by atoms with van der Waals surface area (Å²) in [6, 6.07) is 11.1. The molecule has 3 nitrogen and oxygen atoms in total. The summed E-state index contributed by atoms with van der Waals surface area (Å²) in [6.45, 7) is 4.18. The second kappa shape index (κ2) is 8.81. The lowest BCUT2D eigenvalue weighted by molar-refractivity contribution is 0.586. The minimum atomic E-state index is -0.500. The van der Waals surface area contributed by atoms with Crippen molar-refractivity contribution in [3.8, 4) is 0 Å². The van der Waals surface area contributed by atoms with Gasteiger partial charge in [-0.15, -0.1) is 24.0 Å². The molecule has 0 saturated heterocycles. The van der Waals surface area contributed by atoms with Crippen molar-refractivity contribution in [1.82, 2.24) is 0 Å². The fourth-order valence-electron chi connectivity index (χ4n) is 2.00. The summed E-state index contributed by atoms with van der Waals surface area (Å²) >= 11 is 0. The Hall–Kier alpha value is -1.70. The summed E-state index contributed by atoms with van der Waals surface area (Å²) in [5.74, 6) is -0.437. The second-order valence-electron chi connectivity index (χ2n) is 5.34. The zero-order valence-corrected chi connectivity index (χ0v) is 15.3. The van der Waals surface area contributed by atoms with Crippen LogP contribution < -0.4 is 11.1 Å². The smallest absolute Gasteiger partial charge is 0.193 e. The molecule has 0 saturated carbocycles. The molecule has 124 valence electrons. The number of nitrogens with zero attached hydrogens (tertiary/aromatic N) is 1. The van der Waals surface area contributed by atoms with Crippen LogP contribution in [0.15, 0.2) is 47.5 Å². The van der Waals surface area contributed by atoms with E-state index in [1.165, 1.54) is 5.56 Å². The Morgan fingerprint density at radius 1 is 1.17 bits per heavy atom. The third kappa shape index (κ3) is 5.78. The maximum absolute atomic E-state index is 13.5. The van der Waals surface area contributed by atoms with E-state index in [1.54, 1.807) is 0 Å². The van der Waals surface area contributed by atoms with Gasteiger partial charge in [0, 0.05) is 11.3 Å². The van der Waals surface area contributed by atoms with E-state index < -0.39 is 11.6 Å². The first-order valence-corrected chi connectivity index (χ1v) is 7.06. The van der Waals surface area contributed by atoms with Gasteiger partial charge in [0.1, 0.15) is 11.6 Å². The van der Waals surface area contributed by atoms with Crippen LogP contribution in [0.2, 0.25) is 0 Å². The molecule has 23 heavy (non-hydrogen) atoms. The fourth-order valence-corrected chi connectivity index (χ4v) is 2.00. The van der Waals surface area contributed by atoms with Gasteiger partial charge in [0.05, 0.1) is 6.54 Å². The number of hydrogen-bond acceptors (Lipinski definition) is 1. The zero-order chi connectivity index (χ0) is 16.1. The van der Waals surface area contributed by atoms with Gasteiger partial charge in [-0.05, 0) is 41.8 Å². The third-order valence-electron chi connectivity index (χ3n) is 3.25. The Morgan fingerprint density at radius 3 is 2.61 bits per heavy atom. The van der Waals surface area contributed by atoms with Gasteiger partial charge in [-0.3, -0.25) is 0 Å². The summed E-state index contributed by atoms with van der Waals surface area (Å²) in [7, 11) is 0. The normalized spacial score (nSPS) is 11.3. The van der Waals surface area contributed by atoms with Crippen molar-refractivity contribution < 1.29 is 8.78 Å². The van der Waals surface area contributed by atoms with Crippen LogP contribution in [-0.4, -0.2) is 5.96 Å². The number of guanidine groups is 1. The van der Waals surface area contributed by atoms with Crippen molar-refractivity contribution in [2.24, 2.45) is 10.7 Å². The number of halogens is 3. The molecule has 0 unspecified atom stereocenters. The van der Waals surface area contributed by atoms with Gasteiger partial charge in [0.2, 0.25) is 0 Å². The van der Waals surface area contributed by atoms with E-state index in [-0.39, 0.29) is 42.0 Å². The lowest BCUT2D eigenvalue weighted by Crippen LogP contribution is -2.22. The summed E-state index contributed by atoms with van der Waals surface area (Å²) < 4.78 is 26.6. The Kier molecular flexibility index (Phi) is 7.41. The van der Waals surface area contributed by atoms with Crippen molar-refractivity contribution in [2.75, 3.05) is 5.32 Å². The van der Waals surface area contributed by atoms with Gasteiger partial charge in [0.25, 0.3) is 0 Å². The molecule has 2 rings (SSSR count). The minimum absolute atomic E-state index is 0. The van der Waals surface area contributed by atoms with Crippen LogP contribution in [0, 0.1) is 11.6 Å². The Morgan fingerprint density at radius 2 is 1.91 bits per heavy atom. The number of nitrogens with one attached hydrogen (secondary N) is 1. The van der Waals surface area contributed by atoms with Crippen LogP contribution in [0.1, 0.15) is 30.9 Å². The van der Waals surface area contributed by atoms with Crippen LogP contribution in [0.4, 0.5) is 14.5 Å². The molecule has 0 atom stereocenters. The van der Waals surface area contributed by atoms with E-state index in [4.69, 9.17) is 5.73 Å². The number of rotatable bonds is 4. The van der Waals surface area contributed by atoms with Crippen molar-refractivity contribution >= 4 is 35.6 Å². The van der Waals surface area contributed by atoms with E-state index in [0.29, 0.717) is 5.92 Å². The van der Waals surface area contributed by atoms with E-state index in [2.05, 4.69) is 24.2 Å². The third-order valence-corrected chi connectivity index (χ3v) is 3.25. The van der Waals surface area contributed by atoms with Crippen LogP contribution in [0.3, 0.4) is 0 Å². The molecule has 3 N–H and O–H groups in total. The highest BCUT2D eigenvalue weighted by Gasteiger charge is 2.04. The Labute approximate surface area is 152 Å². The molecule has 2 aromatic rings. The van der Waals surface area contributed by atoms with Crippen LogP contribution in [0.5, 0.6) is 0 Å². The molecule has 0 aliphatic heterocycles. The van der Waals surface area contributed by atoms with Gasteiger partial charge < -0.3 is 11.1 Å². The maximum Gasteiger partial charge on any atom is 0.193 e. The number of anilines is 1. The highest BCUT2D eigenvalue weighted by Crippen LogP contribution is 2.18. The predicted molar refractivity (Wildman–Crippen MR) is 101 cm³/mol. The molecular weight excluding hydrogens is 411 g/mol. The monoisotopic (exact) mass is 431 g/mol. The molecule has 0 aliphatic carbocycles. The van der Waals surface area contributed by atoms with Gasteiger partial charge in [-0.2, -0.15) is 0 Å². The molecule has 0 aromatic heterocycles. The van der Waals surface area contributed by atoms with E-state index in [9.17, 15) is 8.78 Å². The molecule has 0 heterocycles. The molecule has 0 fully saturated rings. The molecule has 0 aliphatic rings. The van der Waals surface area contributed by atoms with Crippen molar-refractivity contribution in [2.45, 2.75) is 26.3 Å². The van der Waals surface area contributed by atoms with E-state index in [0.717, 1.165) is 23.9 Å². The first-order chi connectivity index (χ1) is 10.5. The van der Waals surface area contributed by atoms with Crippen LogP contribution in [-0.2, 0) is 6.54 Å². The average Bonchev–Trinajstić information content (AvgIpc) is 2.48. The van der Waals surface area contributed by atoms with Crippen molar-refractivity contribution in [1.29, 1.82) is 0 Å². The van der Waals surface area contributed by atoms with E-state index in [1.807, 2.05) is 24.3 Å². The van der Waals surface area contributed by atoms with Crippen LogP contribution >= 0.6 is 24.0 Å². The highest BCUT2D eigenvalue weighted by molar-refractivity contribution is 14.0. The summed E-state index contributed by atoms with van der Waals surface area (Å²) in [5.41, 5.74) is 7.95. The Bertz CT molecular complexity index is 687. The predicted octanol–water partition coefficient (Wildman–Crippen LogP) is 4.63. The van der Waals surface area contributed by atoms with E-state index >= 15 is 0 Å². The molecule has 0 amide bonds. The van der Waals surface area contributed by atoms with Gasteiger partial charge in [-0.25, -0.2) is 13.8 Å². The second-order valence-corrected chi connectivity index (χ2v) is 5.34. The largest absolute Gasteiger partial charge is 0.370 e. The molecule has 2 aromatic carbocycles. The number of nitrogens with two attached hydrogens (primary N) is 1. The molecule has 0 spiro atoms. The molecule has 6 heteroatoms. The quantitative estimate of drug-likeness (QED) is 0.421. The summed E-state index contributed by atoms with van der Waals surface area (Å²) in [5, 5.41) is 2.95. The zero-order valence-electron chi connectivity index (χ0n) is 13.0. The standard InChI is InChI=1S/C17H19F2N3.HI/c1-11(2)12-4-3-5-15(9-12)22-17(20)21-10-13-8-14(18)6-7-16(13)19;/h3-9,11H,10H2,1-2H3,(H3,20,21,22);1H. The lowest BCUT2D eigenvalue weighted by atomic mass is 10.0. The fraction of sp³-hybridized carbons (Fsp3) is 0.235. The lowest BCUT2D eigenvalue weighted by Gasteiger charge is -2.10. The summed E-state index contributed by atoms with van der Waals surface area (Å²) in [6.07, 6.45) is 0.